The van der Waals surface area contributed by atoms with E-state index >= 15 is 0 Å². The van der Waals surface area contributed by atoms with Crippen LogP contribution in [-0.4, -0.2) is 28.1 Å². The number of aliphatic hydroxyl groups is 1. The Bertz CT molecular complexity index is 520. The maximum Gasteiger partial charge on any atom is 0.119 e. The molecule has 0 bridgehead atoms. The number of aliphatic hydroxyl groups excluding tert-OH is 1. The minimum atomic E-state index is 0.0281. The van der Waals surface area contributed by atoms with Crippen LogP contribution >= 0.6 is 0 Å². The topological polar surface area (TPSA) is 59.3 Å². The van der Waals surface area contributed by atoms with Gasteiger partial charge in [-0.3, -0.25) is 4.68 Å². The van der Waals surface area contributed by atoms with Crippen LogP contribution in [0.25, 0.3) is 0 Å². The van der Waals surface area contributed by atoms with Crippen molar-refractivity contribution in [1.82, 2.24) is 9.78 Å². The van der Waals surface area contributed by atoms with Crippen LogP contribution in [-0.2, 0) is 13.6 Å². The SMILES string of the molecule is Cc1c(CNc2ccc(OCCO)cc2)cnn1C. The molecule has 0 aliphatic heterocycles. The van der Waals surface area contributed by atoms with Crippen molar-refractivity contribution in [2.24, 2.45) is 7.05 Å². The summed E-state index contributed by atoms with van der Waals surface area (Å²) in [5, 5.41) is 16.2. The number of anilines is 1. The Morgan fingerprint density at radius 2 is 2.05 bits per heavy atom. The van der Waals surface area contributed by atoms with Gasteiger partial charge in [0.25, 0.3) is 0 Å². The van der Waals surface area contributed by atoms with Gasteiger partial charge in [-0.1, -0.05) is 0 Å². The highest BCUT2D eigenvalue weighted by atomic mass is 16.5. The zero-order valence-electron chi connectivity index (χ0n) is 11.3. The van der Waals surface area contributed by atoms with E-state index in [2.05, 4.69) is 17.3 Å². The number of nitrogens with one attached hydrogen (secondary N) is 1. The molecule has 5 nitrogen and oxygen atoms in total. The van der Waals surface area contributed by atoms with E-state index in [4.69, 9.17) is 9.84 Å². The summed E-state index contributed by atoms with van der Waals surface area (Å²) in [5.41, 5.74) is 3.37. The molecule has 0 unspecified atom stereocenters. The molecule has 0 radical (unpaired) electrons. The fourth-order valence-electron chi connectivity index (χ4n) is 1.75. The van der Waals surface area contributed by atoms with Gasteiger partial charge in [-0.25, -0.2) is 0 Å². The number of aromatic nitrogens is 2. The summed E-state index contributed by atoms with van der Waals surface area (Å²) in [6, 6.07) is 7.68. The molecule has 1 aromatic carbocycles. The van der Waals surface area contributed by atoms with Gasteiger partial charge in [0.15, 0.2) is 0 Å². The third-order valence-corrected chi connectivity index (χ3v) is 3.03. The molecule has 0 spiro atoms. The minimum absolute atomic E-state index is 0.0281. The lowest BCUT2D eigenvalue weighted by molar-refractivity contribution is 0.201. The van der Waals surface area contributed by atoms with E-state index in [1.165, 1.54) is 5.56 Å². The molecule has 1 aromatic heterocycles. The number of benzene rings is 1. The van der Waals surface area contributed by atoms with Crippen molar-refractivity contribution in [1.29, 1.82) is 0 Å². The first-order chi connectivity index (χ1) is 9.20. The summed E-state index contributed by atoms with van der Waals surface area (Å²) in [4.78, 5) is 0. The van der Waals surface area contributed by atoms with Crippen LogP contribution in [0.3, 0.4) is 0 Å². The molecule has 1 heterocycles. The summed E-state index contributed by atoms with van der Waals surface area (Å²) >= 11 is 0. The van der Waals surface area contributed by atoms with Crippen LogP contribution in [0.5, 0.6) is 5.75 Å². The van der Waals surface area contributed by atoms with Gasteiger partial charge in [0, 0.05) is 30.5 Å². The monoisotopic (exact) mass is 261 g/mol. The highest BCUT2D eigenvalue weighted by Gasteiger charge is 2.03. The van der Waals surface area contributed by atoms with Crippen molar-refractivity contribution in [2.45, 2.75) is 13.5 Å². The zero-order chi connectivity index (χ0) is 13.7. The van der Waals surface area contributed by atoms with Crippen molar-refractivity contribution in [2.75, 3.05) is 18.5 Å². The van der Waals surface area contributed by atoms with Crippen LogP contribution in [0.4, 0.5) is 5.69 Å². The zero-order valence-corrected chi connectivity index (χ0v) is 11.3. The van der Waals surface area contributed by atoms with Crippen molar-refractivity contribution in [3.63, 3.8) is 0 Å². The molecule has 2 aromatic rings. The molecule has 0 saturated heterocycles. The number of rotatable bonds is 6. The summed E-state index contributed by atoms with van der Waals surface area (Å²) in [5.74, 6) is 0.761. The van der Waals surface area contributed by atoms with Crippen molar-refractivity contribution < 1.29 is 9.84 Å². The maximum atomic E-state index is 8.68. The van der Waals surface area contributed by atoms with E-state index in [9.17, 15) is 0 Å². The van der Waals surface area contributed by atoms with Crippen molar-refractivity contribution in [3.8, 4) is 5.75 Å². The molecule has 0 aliphatic rings. The van der Waals surface area contributed by atoms with E-state index in [0.29, 0.717) is 6.61 Å². The van der Waals surface area contributed by atoms with Gasteiger partial charge < -0.3 is 15.2 Å². The quantitative estimate of drug-likeness (QED) is 0.831. The molecule has 5 heteroatoms. The van der Waals surface area contributed by atoms with E-state index in [1.54, 1.807) is 0 Å². The first-order valence-corrected chi connectivity index (χ1v) is 6.26. The lowest BCUT2D eigenvalue weighted by Crippen LogP contribution is -2.03. The Morgan fingerprint density at radius 3 is 2.63 bits per heavy atom. The maximum absolute atomic E-state index is 8.68. The van der Waals surface area contributed by atoms with E-state index in [0.717, 1.165) is 23.7 Å². The Kier molecular flexibility index (Phi) is 4.41. The average Bonchev–Trinajstić information content (AvgIpc) is 2.75. The lowest BCUT2D eigenvalue weighted by atomic mass is 10.2. The van der Waals surface area contributed by atoms with Crippen LogP contribution < -0.4 is 10.1 Å². The van der Waals surface area contributed by atoms with Gasteiger partial charge in [0.05, 0.1) is 12.8 Å². The highest BCUT2D eigenvalue weighted by molar-refractivity contribution is 5.46. The Labute approximate surface area is 112 Å². The predicted octanol–water partition coefficient (Wildman–Crippen LogP) is 1.71. The Balaban J connectivity index is 1.91. The fraction of sp³-hybridized carbons (Fsp3) is 0.357. The second kappa shape index (κ2) is 6.24. The average molecular weight is 261 g/mol. The largest absolute Gasteiger partial charge is 0.491 e. The van der Waals surface area contributed by atoms with Gasteiger partial charge in [-0.2, -0.15) is 5.10 Å². The second-order valence-electron chi connectivity index (χ2n) is 4.33. The molecule has 0 saturated carbocycles. The normalized spacial score (nSPS) is 10.5. The van der Waals surface area contributed by atoms with Gasteiger partial charge in [0.2, 0.25) is 0 Å². The summed E-state index contributed by atoms with van der Waals surface area (Å²) in [7, 11) is 1.94. The van der Waals surface area contributed by atoms with Gasteiger partial charge >= 0.3 is 0 Å². The van der Waals surface area contributed by atoms with Crippen molar-refractivity contribution in [3.05, 3.63) is 41.7 Å². The Hall–Kier alpha value is -2.01. The van der Waals surface area contributed by atoms with Gasteiger partial charge in [-0.15, -0.1) is 0 Å². The molecule has 0 amide bonds. The lowest BCUT2D eigenvalue weighted by Gasteiger charge is -2.08. The smallest absolute Gasteiger partial charge is 0.119 e. The molecule has 19 heavy (non-hydrogen) atoms. The first-order valence-electron chi connectivity index (χ1n) is 6.26. The van der Waals surface area contributed by atoms with Crippen LogP contribution in [0, 0.1) is 6.92 Å². The standard InChI is InChI=1S/C14H19N3O2/c1-11-12(10-16-17(11)2)9-15-13-3-5-14(6-4-13)19-8-7-18/h3-6,10,15,18H,7-9H2,1-2H3. The third kappa shape index (κ3) is 3.48. The predicted molar refractivity (Wildman–Crippen MR) is 74.3 cm³/mol. The molecule has 0 aliphatic carbocycles. The van der Waals surface area contributed by atoms with E-state index in [1.807, 2.05) is 42.2 Å². The number of ether oxygens (including phenoxy) is 1. The minimum Gasteiger partial charge on any atom is -0.491 e. The highest BCUT2D eigenvalue weighted by Crippen LogP contribution is 2.17. The molecule has 102 valence electrons. The molecule has 2 rings (SSSR count). The van der Waals surface area contributed by atoms with E-state index < -0.39 is 0 Å². The van der Waals surface area contributed by atoms with Gasteiger partial charge in [-0.05, 0) is 31.2 Å². The summed E-state index contributed by atoms with van der Waals surface area (Å²) < 4.78 is 7.17. The van der Waals surface area contributed by atoms with Crippen LogP contribution in [0.2, 0.25) is 0 Å². The van der Waals surface area contributed by atoms with Gasteiger partial charge in [0.1, 0.15) is 12.4 Å². The number of nitrogens with zero attached hydrogens (tertiary/aromatic N) is 2. The number of aryl methyl sites for hydroxylation is 1. The Morgan fingerprint density at radius 1 is 1.32 bits per heavy atom. The molecular formula is C14H19N3O2. The summed E-state index contributed by atoms with van der Waals surface area (Å²) in [6.07, 6.45) is 1.88. The van der Waals surface area contributed by atoms with Crippen molar-refractivity contribution >= 4 is 5.69 Å². The van der Waals surface area contributed by atoms with Crippen LogP contribution in [0.1, 0.15) is 11.3 Å². The number of hydrogen-bond donors (Lipinski definition) is 2. The second-order valence-corrected chi connectivity index (χ2v) is 4.33. The first kappa shape index (κ1) is 13.4. The molecule has 2 N–H and O–H groups in total. The summed E-state index contributed by atoms with van der Waals surface area (Å²) in [6.45, 7) is 3.15. The molecule has 0 fully saturated rings. The van der Waals surface area contributed by atoms with E-state index in [-0.39, 0.29) is 6.61 Å². The molecular weight excluding hydrogens is 242 g/mol. The third-order valence-electron chi connectivity index (χ3n) is 3.03. The fourth-order valence-corrected chi connectivity index (χ4v) is 1.75. The van der Waals surface area contributed by atoms with Crippen LogP contribution in [0.15, 0.2) is 30.5 Å². The molecule has 0 atom stereocenters. The number of hydrogen-bond acceptors (Lipinski definition) is 4.